The largest absolute Gasteiger partial charge is 0.369 e. The van der Waals surface area contributed by atoms with Crippen molar-refractivity contribution in [2.45, 2.75) is 6.42 Å². The van der Waals surface area contributed by atoms with Gasteiger partial charge in [0, 0.05) is 35.8 Å². The first-order valence-corrected chi connectivity index (χ1v) is 8.25. The van der Waals surface area contributed by atoms with E-state index in [1.165, 1.54) is 5.56 Å². The molecule has 126 valence electrons. The predicted molar refractivity (Wildman–Crippen MR) is 100 cm³/mol. The normalized spacial score (nSPS) is 10.3. The summed E-state index contributed by atoms with van der Waals surface area (Å²) in [6.45, 7) is 0.665. The molecule has 1 amide bonds. The summed E-state index contributed by atoms with van der Waals surface area (Å²) in [4.78, 5) is 20.8. The number of hydrogen-bond acceptors (Lipinski definition) is 4. The van der Waals surface area contributed by atoms with Crippen LogP contribution in [0.3, 0.4) is 0 Å². The van der Waals surface area contributed by atoms with Crippen molar-refractivity contribution in [3.63, 3.8) is 0 Å². The molecule has 0 aliphatic rings. The van der Waals surface area contributed by atoms with Crippen LogP contribution in [0.1, 0.15) is 15.9 Å². The summed E-state index contributed by atoms with van der Waals surface area (Å²) in [5, 5.41) is 6.63. The molecule has 0 spiro atoms. The fourth-order valence-electron chi connectivity index (χ4n) is 2.37. The Bertz CT molecular complexity index is 855. The molecule has 3 aromatic rings. The molecule has 0 radical (unpaired) electrons. The second kappa shape index (κ2) is 8.26. The van der Waals surface area contributed by atoms with E-state index in [2.05, 4.69) is 20.6 Å². The maximum atomic E-state index is 12.5. The lowest BCUT2D eigenvalue weighted by atomic mass is 10.2. The lowest BCUT2D eigenvalue weighted by Gasteiger charge is -2.11. The zero-order valence-corrected chi connectivity index (χ0v) is 14.2. The number of rotatable bonds is 6. The number of carbonyl (C=O) groups excluding carboxylic acids is 1. The third kappa shape index (κ3) is 4.78. The minimum Gasteiger partial charge on any atom is -0.369 e. The number of nitrogens with zero attached hydrogens (tertiary/aromatic N) is 2. The summed E-state index contributed by atoms with van der Waals surface area (Å²) in [6.07, 6.45) is 6.00. The lowest BCUT2D eigenvalue weighted by Crippen LogP contribution is -2.16. The topological polar surface area (TPSA) is 66.9 Å². The fraction of sp³-hybridized carbons (Fsp3) is 0.105. The fourth-order valence-corrected chi connectivity index (χ4v) is 2.56. The molecule has 0 bridgehead atoms. The number of carbonyl (C=O) groups is 1. The van der Waals surface area contributed by atoms with Crippen molar-refractivity contribution in [1.82, 2.24) is 9.97 Å². The highest BCUT2D eigenvalue weighted by Gasteiger charge is 2.12. The van der Waals surface area contributed by atoms with E-state index in [-0.39, 0.29) is 5.91 Å². The van der Waals surface area contributed by atoms with Gasteiger partial charge in [0.25, 0.3) is 5.91 Å². The molecule has 0 saturated heterocycles. The molecular formula is C19H17ClN4O. The maximum Gasteiger partial charge on any atom is 0.259 e. The van der Waals surface area contributed by atoms with E-state index in [1.807, 2.05) is 12.1 Å². The van der Waals surface area contributed by atoms with Crippen LogP contribution in [0, 0.1) is 0 Å². The summed E-state index contributed by atoms with van der Waals surface area (Å²) in [6, 6.07) is 14.4. The van der Waals surface area contributed by atoms with E-state index in [9.17, 15) is 4.79 Å². The van der Waals surface area contributed by atoms with E-state index in [0.29, 0.717) is 28.6 Å². The molecule has 0 aliphatic heterocycles. The van der Waals surface area contributed by atoms with Crippen molar-refractivity contribution in [1.29, 1.82) is 0 Å². The van der Waals surface area contributed by atoms with Crippen LogP contribution < -0.4 is 10.6 Å². The molecule has 5 nitrogen and oxygen atoms in total. The monoisotopic (exact) mass is 352 g/mol. The number of nitrogens with one attached hydrogen (secondary N) is 2. The van der Waals surface area contributed by atoms with Crippen molar-refractivity contribution in [2.24, 2.45) is 0 Å². The Morgan fingerprint density at radius 1 is 1.04 bits per heavy atom. The molecule has 2 aromatic heterocycles. The van der Waals surface area contributed by atoms with Gasteiger partial charge in [0.1, 0.15) is 5.82 Å². The van der Waals surface area contributed by atoms with Gasteiger partial charge in [0.15, 0.2) is 0 Å². The van der Waals surface area contributed by atoms with Gasteiger partial charge >= 0.3 is 0 Å². The average Bonchev–Trinajstić information content (AvgIpc) is 2.63. The van der Waals surface area contributed by atoms with Crippen LogP contribution in [0.2, 0.25) is 5.02 Å². The van der Waals surface area contributed by atoms with Gasteiger partial charge in [0.2, 0.25) is 0 Å². The molecule has 1 aromatic carbocycles. The van der Waals surface area contributed by atoms with Crippen LogP contribution >= 0.6 is 11.6 Å². The molecule has 0 aliphatic carbocycles. The number of benzene rings is 1. The number of aromatic nitrogens is 2. The minimum atomic E-state index is -0.234. The van der Waals surface area contributed by atoms with E-state index in [1.54, 1.807) is 55.0 Å². The van der Waals surface area contributed by atoms with Crippen LogP contribution in [0.25, 0.3) is 0 Å². The van der Waals surface area contributed by atoms with E-state index in [4.69, 9.17) is 11.6 Å². The van der Waals surface area contributed by atoms with E-state index >= 15 is 0 Å². The first-order chi connectivity index (χ1) is 12.2. The van der Waals surface area contributed by atoms with Crippen LogP contribution in [0.15, 0.2) is 67.1 Å². The second-order valence-corrected chi connectivity index (χ2v) is 5.83. The Balaban J connectivity index is 1.66. The highest BCUT2D eigenvalue weighted by atomic mass is 35.5. The minimum absolute atomic E-state index is 0.234. The van der Waals surface area contributed by atoms with E-state index < -0.39 is 0 Å². The Hall–Kier alpha value is -2.92. The Morgan fingerprint density at radius 3 is 2.68 bits per heavy atom. The SMILES string of the molecule is O=C(Nc1cccc(Cl)c1)c1cccnc1NCCc1ccncc1. The first-order valence-electron chi connectivity index (χ1n) is 7.87. The molecule has 6 heteroatoms. The molecule has 2 heterocycles. The quantitative estimate of drug-likeness (QED) is 0.702. The molecule has 3 rings (SSSR count). The zero-order chi connectivity index (χ0) is 17.5. The summed E-state index contributed by atoms with van der Waals surface area (Å²) >= 11 is 5.95. The second-order valence-electron chi connectivity index (χ2n) is 5.40. The standard InChI is InChI=1S/C19H17ClN4O/c20-15-3-1-4-16(13-15)24-19(25)17-5-2-9-22-18(17)23-12-8-14-6-10-21-11-7-14/h1-7,9-11,13H,8,12H2,(H,22,23)(H,24,25). The van der Waals surface area contributed by atoms with Crippen LogP contribution in [-0.2, 0) is 6.42 Å². The van der Waals surface area contributed by atoms with Gasteiger partial charge in [-0.3, -0.25) is 9.78 Å². The van der Waals surface area contributed by atoms with E-state index in [0.717, 1.165) is 6.42 Å². The van der Waals surface area contributed by atoms with Gasteiger partial charge in [-0.1, -0.05) is 17.7 Å². The predicted octanol–water partition coefficient (Wildman–Crippen LogP) is 4.04. The summed E-state index contributed by atoms with van der Waals surface area (Å²) < 4.78 is 0. The van der Waals surface area contributed by atoms with Crippen molar-refractivity contribution in [3.8, 4) is 0 Å². The third-order valence-electron chi connectivity index (χ3n) is 3.59. The van der Waals surface area contributed by atoms with Gasteiger partial charge in [-0.2, -0.15) is 0 Å². The molecule has 25 heavy (non-hydrogen) atoms. The summed E-state index contributed by atoms with van der Waals surface area (Å²) in [5.74, 6) is 0.317. The molecule has 0 fully saturated rings. The van der Waals surface area contributed by atoms with Gasteiger partial charge in [-0.15, -0.1) is 0 Å². The van der Waals surface area contributed by atoms with Crippen LogP contribution in [0.4, 0.5) is 11.5 Å². The zero-order valence-electron chi connectivity index (χ0n) is 13.4. The van der Waals surface area contributed by atoms with Crippen molar-refractivity contribution in [3.05, 3.63) is 83.3 Å². The number of pyridine rings is 2. The molecule has 0 atom stereocenters. The number of halogens is 1. The van der Waals surface area contributed by atoms with Gasteiger partial charge in [-0.05, 0) is 54.4 Å². The number of hydrogen-bond donors (Lipinski definition) is 2. The molecular weight excluding hydrogens is 336 g/mol. The molecule has 0 unspecified atom stereocenters. The van der Waals surface area contributed by atoms with Crippen LogP contribution in [0.5, 0.6) is 0 Å². The Labute approximate surface area is 151 Å². The van der Waals surface area contributed by atoms with Gasteiger partial charge in [-0.25, -0.2) is 4.98 Å². The summed E-state index contributed by atoms with van der Waals surface area (Å²) in [5.41, 5.74) is 2.30. The lowest BCUT2D eigenvalue weighted by molar-refractivity contribution is 0.102. The first kappa shape index (κ1) is 16.9. The average molecular weight is 353 g/mol. The maximum absolute atomic E-state index is 12.5. The van der Waals surface area contributed by atoms with Crippen molar-refractivity contribution in [2.75, 3.05) is 17.2 Å². The van der Waals surface area contributed by atoms with Crippen molar-refractivity contribution < 1.29 is 4.79 Å². The third-order valence-corrected chi connectivity index (χ3v) is 3.83. The number of amides is 1. The Kier molecular flexibility index (Phi) is 5.59. The smallest absolute Gasteiger partial charge is 0.259 e. The van der Waals surface area contributed by atoms with Gasteiger partial charge in [0.05, 0.1) is 5.56 Å². The highest BCUT2D eigenvalue weighted by molar-refractivity contribution is 6.31. The Morgan fingerprint density at radius 2 is 1.88 bits per heavy atom. The number of anilines is 2. The van der Waals surface area contributed by atoms with Crippen LogP contribution in [-0.4, -0.2) is 22.4 Å². The summed E-state index contributed by atoms with van der Waals surface area (Å²) in [7, 11) is 0. The highest BCUT2D eigenvalue weighted by Crippen LogP contribution is 2.18. The van der Waals surface area contributed by atoms with Crippen molar-refractivity contribution >= 4 is 29.0 Å². The molecule has 2 N–H and O–H groups in total. The molecule has 0 saturated carbocycles. The van der Waals surface area contributed by atoms with Gasteiger partial charge < -0.3 is 10.6 Å².